The number of aryl methyl sites for hydroxylation is 1. The molecule has 2 nitrogen and oxygen atoms in total. The first-order chi connectivity index (χ1) is 9.49. The standard InChI is InChI=1S/C17H19BrO2/c1-11(2)20-16-7-5-4-6-14(16)17(19)13-9-8-12(3)10-15(13)18/h4-11,17,19H,1-3H3. The summed E-state index contributed by atoms with van der Waals surface area (Å²) >= 11 is 3.52. The second-order valence-electron chi connectivity index (χ2n) is 5.13. The Morgan fingerprint density at radius 1 is 1.05 bits per heavy atom. The summed E-state index contributed by atoms with van der Waals surface area (Å²) in [5.74, 6) is 0.725. The number of hydrogen-bond donors (Lipinski definition) is 1. The summed E-state index contributed by atoms with van der Waals surface area (Å²) in [5.41, 5.74) is 2.78. The lowest BCUT2D eigenvalue weighted by Gasteiger charge is -2.19. The molecular weight excluding hydrogens is 316 g/mol. The Balaban J connectivity index is 2.40. The molecule has 0 saturated carbocycles. The van der Waals surface area contributed by atoms with Crippen molar-refractivity contribution in [2.24, 2.45) is 0 Å². The van der Waals surface area contributed by atoms with Crippen LogP contribution < -0.4 is 4.74 Å². The van der Waals surface area contributed by atoms with Crippen molar-refractivity contribution in [2.75, 3.05) is 0 Å². The van der Waals surface area contributed by atoms with Crippen molar-refractivity contribution in [3.05, 3.63) is 63.6 Å². The number of hydrogen-bond acceptors (Lipinski definition) is 2. The highest BCUT2D eigenvalue weighted by atomic mass is 79.9. The van der Waals surface area contributed by atoms with Crippen molar-refractivity contribution in [2.45, 2.75) is 33.0 Å². The molecule has 1 N–H and O–H groups in total. The van der Waals surface area contributed by atoms with E-state index in [4.69, 9.17) is 4.74 Å². The Hall–Kier alpha value is -1.32. The van der Waals surface area contributed by atoms with Gasteiger partial charge < -0.3 is 9.84 Å². The van der Waals surface area contributed by atoms with Gasteiger partial charge in [0.25, 0.3) is 0 Å². The van der Waals surface area contributed by atoms with Gasteiger partial charge >= 0.3 is 0 Å². The predicted molar refractivity (Wildman–Crippen MR) is 85.1 cm³/mol. The van der Waals surface area contributed by atoms with Crippen LogP contribution in [0, 0.1) is 6.92 Å². The summed E-state index contributed by atoms with van der Waals surface area (Å²) in [5, 5.41) is 10.6. The highest BCUT2D eigenvalue weighted by molar-refractivity contribution is 9.10. The zero-order valence-corrected chi connectivity index (χ0v) is 13.5. The summed E-state index contributed by atoms with van der Waals surface area (Å²) in [7, 11) is 0. The van der Waals surface area contributed by atoms with Gasteiger partial charge in [-0.15, -0.1) is 0 Å². The average molecular weight is 335 g/mol. The Bertz CT molecular complexity index is 593. The van der Waals surface area contributed by atoms with Crippen molar-refractivity contribution in [1.82, 2.24) is 0 Å². The van der Waals surface area contributed by atoms with Crippen LogP contribution in [0.5, 0.6) is 5.75 Å². The van der Waals surface area contributed by atoms with Gasteiger partial charge in [-0.2, -0.15) is 0 Å². The van der Waals surface area contributed by atoms with Crippen LogP contribution in [-0.2, 0) is 0 Å². The van der Waals surface area contributed by atoms with Gasteiger partial charge in [-0.25, -0.2) is 0 Å². The molecule has 0 saturated heterocycles. The van der Waals surface area contributed by atoms with E-state index in [9.17, 15) is 5.11 Å². The fourth-order valence-electron chi connectivity index (χ4n) is 2.09. The first kappa shape index (κ1) is 15.1. The summed E-state index contributed by atoms with van der Waals surface area (Å²) in [6.45, 7) is 5.98. The van der Waals surface area contributed by atoms with Crippen molar-refractivity contribution in [3.8, 4) is 5.75 Å². The van der Waals surface area contributed by atoms with E-state index in [1.165, 1.54) is 0 Å². The average Bonchev–Trinajstić information content (AvgIpc) is 2.38. The van der Waals surface area contributed by atoms with Gasteiger partial charge in [0, 0.05) is 10.0 Å². The van der Waals surface area contributed by atoms with Crippen LogP contribution in [0.3, 0.4) is 0 Å². The zero-order valence-electron chi connectivity index (χ0n) is 11.9. The van der Waals surface area contributed by atoms with E-state index >= 15 is 0 Å². The number of aliphatic hydroxyl groups is 1. The second kappa shape index (κ2) is 6.42. The number of ether oxygens (including phenoxy) is 1. The van der Waals surface area contributed by atoms with E-state index in [0.29, 0.717) is 0 Å². The first-order valence-electron chi connectivity index (χ1n) is 6.68. The van der Waals surface area contributed by atoms with Crippen LogP contribution in [0.2, 0.25) is 0 Å². The molecule has 20 heavy (non-hydrogen) atoms. The van der Waals surface area contributed by atoms with Crippen molar-refractivity contribution >= 4 is 15.9 Å². The minimum Gasteiger partial charge on any atom is -0.491 e. The Morgan fingerprint density at radius 2 is 1.75 bits per heavy atom. The summed E-state index contributed by atoms with van der Waals surface area (Å²) < 4.78 is 6.68. The fourth-order valence-corrected chi connectivity index (χ4v) is 2.80. The van der Waals surface area contributed by atoms with Gasteiger partial charge in [0.1, 0.15) is 11.9 Å². The molecule has 2 rings (SSSR count). The monoisotopic (exact) mass is 334 g/mol. The maximum Gasteiger partial charge on any atom is 0.125 e. The third kappa shape index (κ3) is 3.41. The molecule has 0 aliphatic rings. The van der Waals surface area contributed by atoms with E-state index in [1.807, 2.05) is 63.2 Å². The van der Waals surface area contributed by atoms with Crippen LogP contribution >= 0.6 is 15.9 Å². The lowest BCUT2D eigenvalue weighted by molar-refractivity contribution is 0.197. The Kier molecular flexibility index (Phi) is 4.84. The zero-order chi connectivity index (χ0) is 14.7. The van der Waals surface area contributed by atoms with E-state index in [1.54, 1.807) is 0 Å². The van der Waals surface area contributed by atoms with E-state index in [-0.39, 0.29) is 6.10 Å². The van der Waals surface area contributed by atoms with Crippen LogP contribution in [0.4, 0.5) is 0 Å². The first-order valence-corrected chi connectivity index (χ1v) is 7.48. The molecule has 0 aliphatic heterocycles. The molecular formula is C17H19BrO2. The largest absolute Gasteiger partial charge is 0.491 e. The van der Waals surface area contributed by atoms with Gasteiger partial charge in [-0.3, -0.25) is 0 Å². The number of halogens is 1. The highest BCUT2D eigenvalue weighted by Crippen LogP contribution is 2.34. The Labute approximate surface area is 128 Å². The molecule has 0 spiro atoms. The molecule has 0 amide bonds. The van der Waals surface area contributed by atoms with Gasteiger partial charge in [0.15, 0.2) is 0 Å². The smallest absolute Gasteiger partial charge is 0.125 e. The second-order valence-corrected chi connectivity index (χ2v) is 5.99. The normalized spacial score (nSPS) is 12.5. The molecule has 0 heterocycles. The Morgan fingerprint density at radius 3 is 2.40 bits per heavy atom. The van der Waals surface area contributed by atoms with Crippen molar-refractivity contribution < 1.29 is 9.84 Å². The number of para-hydroxylation sites is 1. The molecule has 0 radical (unpaired) electrons. The number of rotatable bonds is 4. The maximum absolute atomic E-state index is 10.6. The summed E-state index contributed by atoms with van der Waals surface area (Å²) in [6, 6.07) is 13.6. The maximum atomic E-state index is 10.6. The number of aliphatic hydroxyl groups excluding tert-OH is 1. The lowest BCUT2D eigenvalue weighted by Crippen LogP contribution is -2.10. The quantitative estimate of drug-likeness (QED) is 0.883. The van der Waals surface area contributed by atoms with E-state index in [0.717, 1.165) is 26.9 Å². The highest BCUT2D eigenvalue weighted by Gasteiger charge is 2.18. The lowest BCUT2D eigenvalue weighted by atomic mass is 9.99. The van der Waals surface area contributed by atoms with Crippen LogP contribution in [-0.4, -0.2) is 11.2 Å². The number of benzene rings is 2. The van der Waals surface area contributed by atoms with Gasteiger partial charge in [-0.1, -0.05) is 46.3 Å². The predicted octanol–water partition coefficient (Wildman–Crippen LogP) is 4.63. The molecule has 0 bridgehead atoms. The molecule has 1 atom stereocenters. The molecule has 2 aromatic carbocycles. The topological polar surface area (TPSA) is 29.5 Å². The SMILES string of the molecule is Cc1ccc(C(O)c2ccccc2OC(C)C)c(Br)c1. The minimum absolute atomic E-state index is 0.0739. The van der Waals surface area contributed by atoms with Gasteiger partial charge in [-0.05, 0) is 44.0 Å². The molecule has 2 aromatic rings. The van der Waals surface area contributed by atoms with Gasteiger partial charge in [0.2, 0.25) is 0 Å². The molecule has 0 fully saturated rings. The third-order valence-electron chi connectivity index (χ3n) is 3.03. The molecule has 3 heteroatoms. The van der Waals surface area contributed by atoms with E-state index < -0.39 is 6.10 Å². The third-order valence-corrected chi connectivity index (χ3v) is 3.71. The molecule has 106 valence electrons. The summed E-state index contributed by atoms with van der Waals surface area (Å²) in [6.07, 6.45) is -0.635. The van der Waals surface area contributed by atoms with Crippen LogP contribution in [0.25, 0.3) is 0 Å². The molecule has 0 aliphatic carbocycles. The molecule has 0 aromatic heterocycles. The fraction of sp³-hybridized carbons (Fsp3) is 0.294. The van der Waals surface area contributed by atoms with Crippen LogP contribution in [0.15, 0.2) is 46.9 Å². The van der Waals surface area contributed by atoms with Crippen molar-refractivity contribution in [1.29, 1.82) is 0 Å². The minimum atomic E-state index is -0.708. The summed E-state index contributed by atoms with van der Waals surface area (Å²) in [4.78, 5) is 0. The molecule has 1 unspecified atom stereocenters. The van der Waals surface area contributed by atoms with Crippen molar-refractivity contribution in [3.63, 3.8) is 0 Å². The van der Waals surface area contributed by atoms with E-state index in [2.05, 4.69) is 15.9 Å². The van der Waals surface area contributed by atoms with Gasteiger partial charge in [0.05, 0.1) is 6.10 Å². The van der Waals surface area contributed by atoms with Crippen LogP contribution in [0.1, 0.15) is 36.6 Å².